The van der Waals surface area contributed by atoms with Gasteiger partial charge in [-0.1, -0.05) is 103 Å². The standard InChI is InChI=1S/C40H24N6S/c1-2-12-25(13-3-1)38-41-31-23-22-26(24-36(31)47-38)37-42-39(45-32-18-8-4-14-27(32)28-15-5-9-19-33(28)45)44-40(43-37)46-34-20-10-6-16-29(34)30-17-7-11-21-35(30)46/h1-24H. The van der Waals surface area contributed by atoms with Crippen molar-refractivity contribution in [1.29, 1.82) is 0 Å². The molecule has 0 saturated carbocycles. The number of para-hydroxylation sites is 4. The molecule has 0 aliphatic heterocycles. The van der Waals surface area contributed by atoms with Crippen LogP contribution in [0.4, 0.5) is 0 Å². The third kappa shape index (κ3) is 4.03. The largest absolute Gasteiger partial charge is 0.278 e. The zero-order valence-corrected chi connectivity index (χ0v) is 25.8. The molecule has 47 heavy (non-hydrogen) atoms. The van der Waals surface area contributed by atoms with E-state index in [1.54, 1.807) is 11.3 Å². The van der Waals surface area contributed by atoms with Crippen LogP contribution >= 0.6 is 11.3 Å². The minimum absolute atomic E-state index is 0.568. The van der Waals surface area contributed by atoms with Gasteiger partial charge in [0, 0.05) is 32.7 Å². The van der Waals surface area contributed by atoms with Crippen LogP contribution < -0.4 is 0 Å². The first-order valence-corrected chi connectivity index (χ1v) is 16.3. The Morgan fingerprint density at radius 3 is 1.38 bits per heavy atom. The lowest BCUT2D eigenvalue weighted by atomic mass is 10.2. The number of hydrogen-bond acceptors (Lipinski definition) is 5. The van der Waals surface area contributed by atoms with Gasteiger partial charge in [0.2, 0.25) is 11.9 Å². The SMILES string of the molecule is c1ccc(-c2nc3ccc(-c4nc(-n5c6ccccc6c6ccccc65)nc(-n5c6ccccc6c6ccccc65)n4)cc3s2)cc1. The summed E-state index contributed by atoms with van der Waals surface area (Å²) in [5.74, 6) is 1.74. The molecule has 0 aliphatic carbocycles. The normalized spacial score (nSPS) is 11.8. The lowest BCUT2D eigenvalue weighted by molar-refractivity contribution is 0.893. The van der Waals surface area contributed by atoms with Crippen LogP contribution in [0.5, 0.6) is 0 Å². The Morgan fingerprint density at radius 1 is 0.404 bits per heavy atom. The first kappa shape index (κ1) is 26.1. The molecule has 0 saturated heterocycles. The average Bonchev–Trinajstić information content (AvgIpc) is 3.82. The van der Waals surface area contributed by atoms with Gasteiger partial charge in [0.25, 0.3) is 0 Å². The molecule has 0 N–H and O–H groups in total. The first-order chi connectivity index (χ1) is 23.3. The van der Waals surface area contributed by atoms with E-state index in [-0.39, 0.29) is 0 Å². The smallest absolute Gasteiger partial charge is 0.240 e. The van der Waals surface area contributed by atoms with Crippen molar-refractivity contribution in [3.8, 4) is 33.9 Å². The van der Waals surface area contributed by atoms with Crippen LogP contribution in [0.25, 0.3) is 87.7 Å². The van der Waals surface area contributed by atoms with Gasteiger partial charge in [-0.25, -0.2) is 4.98 Å². The van der Waals surface area contributed by atoms with Crippen LogP contribution in [-0.2, 0) is 0 Å². The molecule has 0 amide bonds. The topological polar surface area (TPSA) is 61.4 Å². The summed E-state index contributed by atoms with van der Waals surface area (Å²) in [4.78, 5) is 20.6. The molecule has 6 nitrogen and oxygen atoms in total. The van der Waals surface area contributed by atoms with Crippen molar-refractivity contribution in [2.45, 2.75) is 0 Å². The first-order valence-electron chi connectivity index (χ1n) is 15.5. The molecule has 6 aromatic carbocycles. The van der Waals surface area contributed by atoms with Crippen molar-refractivity contribution in [2.75, 3.05) is 0 Å². The van der Waals surface area contributed by atoms with E-state index >= 15 is 0 Å². The fourth-order valence-corrected chi connectivity index (χ4v) is 7.74. The maximum Gasteiger partial charge on any atom is 0.240 e. The second-order valence-corrected chi connectivity index (χ2v) is 12.6. The van der Waals surface area contributed by atoms with E-state index < -0.39 is 0 Å². The van der Waals surface area contributed by atoms with E-state index in [9.17, 15) is 0 Å². The Balaban J connectivity index is 1.27. The number of nitrogens with zero attached hydrogens (tertiary/aromatic N) is 6. The maximum atomic E-state index is 5.24. The minimum atomic E-state index is 0.568. The molecule has 0 aliphatic rings. The molecule has 0 fully saturated rings. The molecule has 0 radical (unpaired) electrons. The van der Waals surface area contributed by atoms with Crippen LogP contribution in [0.3, 0.4) is 0 Å². The summed E-state index contributed by atoms with van der Waals surface area (Å²) in [6.07, 6.45) is 0. The summed E-state index contributed by atoms with van der Waals surface area (Å²) >= 11 is 1.68. The van der Waals surface area contributed by atoms with Gasteiger partial charge in [-0.2, -0.15) is 15.0 Å². The van der Waals surface area contributed by atoms with Crippen molar-refractivity contribution in [3.05, 3.63) is 146 Å². The Bertz CT molecular complexity index is 2570. The van der Waals surface area contributed by atoms with Crippen LogP contribution in [0.1, 0.15) is 0 Å². The van der Waals surface area contributed by atoms with E-state index in [1.807, 2.05) is 18.2 Å². The van der Waals surface area contributed by atoms with Crippen molar-refractivity contribution in [2.24, 2.45) is 0 Å². The molecule has 0 spiro atoms. The summed E-state index contributed by atoms with van der Waals surface area (Å²) in [6, 6.07) is 50.3. The van der Waals surface area contributed by atoms with Gasteiger partial charge in [-0.05, 0) is 42.5 Å². The summed E-state index contributed by atoms with van der Waals surface area (Å²) < 4.78 is 5.40. The van der Waals surface area contributed by atoms with E-state index in [0.717, 1.165) is 70.0 Å². The minimum Gasteiger partial charge on any atom is -0.278 e. The molecule has 220 valence electrons. The van der Waals surface area contributed by atoms with Gasteiger partial charge in [0.1, 0.15) is 5.01 Å². The molecule has 0 unspecified atom stereocenters. The van der Waals surface area contributed by atoms with Gasteiger partial charge >= 0.3 is 0 Å². The third-order valence-corrected chi connectivity index (χ3v) is 9.91. The van der Waals surface area contributed by atoms with E-state index in [2.05, 4.69) is 137 Å². The molecule has 0 bridgehead atoms. The quantitative estimate of drug-likeness (QED) is 0.196. The lowest BCUT2D eigenvalue weighted by Gasteiger charge is -2.12. The molecule has 10 aromatic rings. The number of rotatable bonds is 4. The zero-order valence-electron chi connectivity index (χ0n) is 24.9. The Kier molecular flexibility index (Phi) is 5.64. The number of hydrogen-bond donors (Lipinski definition) is 0. The summed E-state index contributed by atoms with van der Waals surface area (Å²) in [6.45, 7) is 0. The van der Waals surface area contributed by atoms with Crippen LogP contribution in [0.2, 0.25) is 0 Å². The Labute approximate surface area is 272 Å². The van der Waals surface area contributed by atoms with E-state index in [1.165, 1.54) is 0 Å². The van der Waals surface area contributed by atoms with Crippen LogP contribution in [-0.4, -0.2) is 29.1 Å². The highest BCUT2D eigenvalue weighted by atomic mass is 32.1. The van der Waals surface area contributed by atoms with Crippen molar-refractivity contribution >= 4 is 65.2 Å². The Morgan fingerprint density at radius 2 is 0.872 bits per heavy atom. The van der Waals surface area contributed by atoms with Crippen LogP contribution in [0, 0.1) is 0 Å². The van der Waals surface area contributed by atoms with Crippen molar-refractivity contribution < 1.29 is 0 Å². The maximum absolute atomic E-state index is 5.24. The molecular weight excluding hydrogens is 597 g/mol. The highest BCUT2D eigenvalue weighted by Gasteiger charge is 2.20. The molecule has 10 rings (SSSR count). The van der Waals surface area contributed by atoms with Crippen molar-refractivity contribution in [1.82, 2.24) is 29.1 Å². The molecule has 7 heteroatoms. The van der Waals surface area contributed by atoms with Crippen molar-refractivity contribution in [3.63, 3.8) is 0 Å². The van der Waals surface area contributed by atoms with Gasteiger partial charge in [0.15, 0.2) is 5.82 Å². The zero-order chi connectivity index (χ0) is 30.9. The summed E-state index contributed by atoms with van der Waals surface area (Å²) in [5, 5.41) is 5.61. The van der Waals surface area contributed by atoms with Gasteiger partial charge in [-0.3, -0.25) is 9.13 Å². The predicted octanol–water partition coefficient (Wildman–Crippen LogP) is 10.0. The summed E-state index contributed by atoms with van der Waals surface area (Å²) in [5.41, 5.74) is 7.16. The average molecular weight is 621 g/mol. The van der Waals surface area contributed by atoms with Gasteiger partial charge in [-0.15, -0.1) is 11.3 Å². The highest BCUT2D eigenvalue weighted by molar-refractivity contribution is 7.21. The van der Waals surface area contributed by atoms with Gasteiger partial charge < -0.3 is 0 Å². The fourth-order valence-electron chi connectivity index (χ4n) is 6.73. The highest BCUT2D eigenvalue weighted by Crippen LogP contribution is 2.36. The predicted molar refractivity (Wildman–Crippen MR) is 193 cm³/mol. The molecule has 0 atom stereocenters. The summed E-state index contributed by atoms with van der Waals surface area (Å²) in [7, 11) is 0. The lowest BCUT2D eigenvalue weighted by Crippen LogP contribution is -2.10. The number of fused-ring (bicyclic) bond motifs is 7. The van der Waals surface area contributed by atoms with E-state index in [4.69, 9.17) is 19.9 Å². The monoisotopic (exact) mass is 620 g/mol. The molecule has 4 heterocycles. The van der Waals surface area contributed by atoms with Crippen LogP contribution in [0.15, 0.2) is 146 Å². The number of aromatic nitrogens is 6. The second-order valence-electron chi connectivity index (χ2n) is 11.6. The molecule has 4 aromatic heterocycles. The number of benzene rings is 6. The number of thiazole rings is 1. The third-order valence-electron chi connectivity index (χ3n) is 8.84. The van der Waals surface area contributed by atoms with Gasteiger partial charge in [0.05, 0.1) is 32.3 Å². The second kappa shape index (κ2) is 10.2. The Hall–Kier alpha value is -6.18. The molecular formula is C40H24N6S. The van der Waals surface area contributed by atoms with E-state index in [0.29, 0.717) is 17.7 Å². The fraction of sp³-hybridized carbons (Fsp3) is 0.